The van der Waals surface area contributed by atoms with E-state index in [1.54, 1.807) is 38.3 Å². The molecule has 0 radical (unpaired) electrons. The van der Waals surface area contributed by atoms with Crippen molar-refractivity contribution in [1.82, 2.24) is 0 Å². The molecular weight excluding hydrogens is 266 g/mol. The lowest BCUT2D eigenvalue weighted by molar-refractivity contribution is -0.122. The molecule has 0 aliphatic carbocycles. The predicted molar refractivity (Wildman–Crippen MR) is 82.9 cm³/mol. The van der Waals surface area contributed by atoms with Crippen molar-refractivity contribution in [2.45, 2.75) is 20.0 Å². The fraction of sp³-hybridized carbons (Fsp3) is 0.235. The van der Waals surface area contributed by atoms with Crippen LogP contribution in [0.3, 0.4) is 0 Å². The first-order valence-corrected chi connectivity index (χ1v) is 6.77. The number of methoxy groups -OCH3 is 1. The fourth-order valence-electron chi connectivity index (χ4n) is 1.79. The SMILES string of the molecule is COc1ccc(OC(C)C(=O)Nc2ccc(C)cc2)cc1. The van der Waals surface area contributed by atoms with Crippen molar-refractivity contribution < 1.29 is 14.3 Å². The first kappa shape index (κ1) is 14.9. The highest BCUT2D eigenvalue weighted by atomic mass is 16.5. The molecule has 1 atom stereocenters. The molecule has 0 saturated carbocycles. The molecule has 21 heavy (non-hydrogen) atoms. The second-order valence-electron chi connectivity index (χ2n) is 4.79. The summed E-state index contributed by atoms with van der Waals surface area (Å²) in [6.45, 7) is 3.72. The minimum atomic E-state index is -0.584. The molecule has 0 heterocycles. The molecule has 1 amide bonds. The van der Waals surface area contributed by atoms with Crippen LogP contribution in [0.4, 0.5) is 5.69 Å². The third-order valence-electron chi connectivity index (χ3n) is 3.06. The first-order valence-electron chi connectivity index (χ1n) is 6.77. The molecule has 4 nitrogen and oxygen atoms in total. The summed E-state index contributed by atoms with van der Waals surface area (Å²) in [4.78, 5) is 12.1. The molecule has 0 fully saturated rings. The summed E-state index contributed by atoms with van der Waals surface area (Å²) in [6.07, 6.45) is -0.584. The van der Waals surface area contributed by atoms with E-state index in [9.17, 15) is 4.79 Å². The number of carbonyl (C=O) groups excluding carboxylic acids is 1. The van der Waals surface area contributed by atoms with Gasteiger partial charge in [0, 0.05) is 5.69 Å². The van der Waals surface area contributed by atoms with Crippen molar-refractivity contribution >= 4 is 11.6 Å². The maximum absolute atomic E-state index is 12.1. The van der Waals surface area contributed by atoms with Crippen LogP contribution in [0.15, 0.2) is 48.5 Å². The monoisotopic (exact) mass is 285 g/mol. The molecule has 0 spiro atoms. The van der Waals surface area contributed by atoms with Crippen molar-refractivity contribution in [2.24, 2.45) is 0 Å². The zero-order valence-corrected chi connectivity index (χ0v) is 12.4. The van der Waals surface area contributed by atoms with E-state index >= 15 is 0 Å². The van der Waals surface area contributed by atoms with Crippen LogP contribution < -0.4 is 14.8 Å². The zero-order valence-electron chi connectivity index (χ0n) is 12.4. The van der Waals surface area contributed by atoms with Gasteiger partial charge in [-0.25, -0.2) is 0 Å². The topological polar surface area (TPSA) is 47.6 Å². The molecule has 0 aliphatic heterocycles. The predicted octanol–water partition coefficient (Wildman–Crippen LogP) is 3.41. The van der Waals surface area contributed by atoms with Crippen molar-refractivity contribution in [2.75, 3.05) is 12.4 Å². The number of ether oxygens (including phenoxy) is 2. The highest BCUT2D eigenvalue weighted by molar-refractivity contribution is 5.94. The highest BCUT2D eigenvalue weighted by Crippen LogP contribution is 2.18. The zero-order chi connectivity index (χ0) is 15.2. The Bertz CT molecular complexity index is 590. The van der Waals surface area contributed by atoms with E-state index in [-0.39, 0.29) is 5.91 Å². The number of anilines is 1. The van der Waals surface area contributed by atoms with Crippen LogP contribution in [-0.4, -0.2) is 19.1 Å². The fourth-order valence-corrected chi connectivity index (χ4v) is 1.79. The Hall–Kier alpha value is -2.49. The van der Waals surface area contributed by atoms with E-state index in [2.05, 4.69) is 5.32 Å². The molecule has 1 N–H and O–H groups in total. The number of carbonyl (C=O) groups is 1. The smallest absolute Gasteiger partial charge is 0.265 e. The van der Waals surface area contributed by atoms with Crippen molar-refractivity contribution in [3.8, 4) is 11.5 Å². The Morgan fingerprint density at radius 3 is 2.14 bits per heavy atom. The number of aryl methyl sites for hydroxylation is 1. The summed E-state index contributed by atoms with van der Waals surface area (Å²) in [7, 11) is 1.60. The van der Waals surface area contributed by atoms with Gasteiger partial charge in [-0.15, -0.1) is 0 Å². The van der Waals surface area contributed by atoms with Crippen molar-refractivity contribution in [1.29, 1.82) is 0 Å². The van der Waals surface area contributed by atoms with E-state index < -0.39 is 6.10 Å². The van der Waals surface area contributed by atoms with Gasteiger partial charge in [0.25, 0.3) is 5.91 Å². The minimum absolute atomic E-state index is 0.185. The van der Waals surface area contributed by atoms with E-state index in [0.29, 0.717) is 5.75 Å². The molecule has 4 heteroatoms. The van der Waals surface area contributed by atoms with Gasteiger partial charge in [0.05, 0.1) is 7.11 Å². The average molecular weight is 285 g/mol. The highest BCUT2D eigenvalue weighted by Gasteiger charge is 2.14. The first-order chi connectivity index (χ1) is 10.1. The maximum atomic E-state index is 12.1. The van der Waals surface area contributed by atoms with E-state index in [1.165, 1.54) is 0 Å². The van der Waals surface area contributed by atoms with Crippen LogP contribution in [0.25, 0.3) is 0 Å². The minimum Gasteiger partial charge on any atom is -0.497 e. The molecule has 0 aliphatic rings. The van der Waals surface area contributed by atoms with Gasteiger partial charge in [0.15, 0.2) is 6.10 Å². The van der Waals surface area contributed by atoms with Gasteiger partial charge in [-0.3, -0.25) is 4.79 Å². The van der Waals surface area contributed by atoms with Crippen LogP contribution in [0, 0.1) is 6.92 Å². The summed E-state index contributed by atoms with van der Waals surface area (Å²) in [5.41, 5.74) is 1.91. The van der Waals surface area contributed by atoms with E-state index in [4.69, 9.17) is 9.47 Å². The molecule has 2 aromatic carbocycles. The Morgan fingerprint density at radius 2 is 1.57 bits per heavy atom. The van der Waals surface area contributed by atoms with Gasteiger partial charge < -0.3 is 14.8 Å². The normalized spacial score (nSPS) is 11.6. The third kappa shape index (κ3) is 4.24. The van der Waals surface area contributed by atoms with E-state index in [1.807, 2.05) is 31.2 Å². The number of hydrogen-bond donors (Lipinski definition) is 1. The number of benzene rings is 2. The van der Waals surface area contributed by atoms with Gasteiger partial charge in [-0.05, 0) is 50.2 Å². The van der Waals surface area contributed by atoms with Crippen LogP contribution in [0.2, 0.25) is 0 Å². The van der Waals surface area contributed by atoms with Crippen LogP contribution >= 0.6 is 0 Å². The Balaban J connectivity index is 1.93. The third-order valence-corrected chi connectivity index (χ3v) is 3.06. The number of amides is 1. The molecule has 0 saturated heterocycles. The Morgan fingerprint density at radius 1 is 1.00 bits per heavy atom. The number of nitrogens with one attached hydrogen (secondary N) is 1. The molecule has 2 aromatic rings. The summed E-state index contributed by atoms with van der Waals surface area (Å²) < 4.78 is 10.7. The number of rotatable bonds is 5. The second-order valence-corrected chi connectivity index (χ2v) is 4.79. The van der Waals surface area contributed by atoms with Crippen molar-refractivity contribution in [3.05, 3.63) is 54.1 Å². The summed E-state index contributed by atoms with van der Waals surface area (Å²) in [6, 6.07) is 14.8. The largest absolute Gasteiger partial charge is 0.497 e. The lowest BCUT2D eigenvalue weighted by Crippen LogP contribution is -2.30. The second kappa shape index (κ2) is 6.79. The quantitative estimate of drug-likeness (QED) is 0.915. The summed E-state index contributed by atoms with van der Waals surface area (Å²) in [5.74, 6) is 1.19. The lowest BCUT2D eigenvalue weighted by Gasteiger charge is -2.15. The van der Waals surface area contributed by atoms with Crippen LogP contribution in [0.1, 0.15) is 12.5 Å². The van der Waals surface area contributed by atoms with Gasteiger partial charge in [-0.2, -0.15) is 0 Å². The Labute approximate surface area is 124 Å². The van der Waals surface area contributed by atoms with Gasteiger partial charge in [0.1, 0.15) is 11.5 Å². The molecular formula is C17H19NO3. The van der Waals surface area contributed by atoms with Crippen LogP contribution in [0.5, 0.6) is 11.5 Å². The molecule has 1 unspecified atom stereocenters. The summed E-state index contributed by atoms with van der Waals surface area (Å²) in [5, 5.41) is 2.82. The standard InChI is InChI=1S/C17H19NO3/c1-12-4-6-14(7-5-12)18-17(19)13(2)21-16-10-8-15(20-3)9-11-16/h4-11,13H,1-3H3,(H,18,19). The van der Waals surface area contributed by atoms with Gasteiger partial charge >= 0.3 is 0 Å². The van der Waals surface area contributed by atoms with Crippen LogP contribution in [-0.2, 0) is 4.79 Å². The summed E-state index contributed by atoms with van der Waals surface area (Å²) >= 11 is 0. The van der Waals surface area contributed by atoms with Gasteiger partial charge in [0.2, 0.25) is 0 Å². The molecule has 0 bridgehead atoms. The molecule has 110 valence electrons. The lowest BCUT2D eigenvalue weighted by atomic mass is 10.2. The molecule has 2 rings (SSSR count). The van der Waals surface area contributed by atoms with Gasteiger partial charge in [-0.1, -0.05) is 17.7 Å². The average Bonchev–Trinajstić information content (AvgIpc) is 2.50. The van der Waals surface area contributed by atoms with E-state index in [0.717, 1.165) is 17.0 Å². The Kier molecular flexibility index (Phi) is 4.82. The van der Waals surface area contributed by atoms with Crippen molar-refractivity contribution in [3.63, 3.8) is 0 Å². The molecule has 0 aromatic heterocycles. The maximum Gasteiger partial charge on any atom is 0.265 e. The number of hydrogen-bond acceptors (Lipinski definition) is 3.